The molecule has 0 saturated heterocycles. The number of nitrogens with one attached hydrogen (secondary N) is 1. The van der Waals surface area contributed by atoms with Crippen LogP contribution in [0.15, 0.2) is 54.6 Å². The lowest BCUT2D eigenvalue weighted by atomic mass is 10.0. The molecule has 0 atom stereocenters. The van der Waals surface area contributed by atoms with Gasteiger partial charge in [-0.05, 0) is 24.3 Å². The number of carbonyl (C=O) groups excluding carboxylic acids is 2. The van der Waals surface area contributed by atoms with Gasteiger partial charge in [0.2, 0.25) is 5.91 Å². The van der Waals surface area contributed by atoms with E-state index in [1.807, 2.05) is 30.3 Å². The first-order valence-corrected chi connectivity index (χ1v) is 7.44. The van der Waals surface area contributed by atoms with Crippen molar-refractivity contribution in [2.45, 2.75) is 6.42 Å². The van der Waals surface area contributed by atoms with Gasteiger partial charge in [0.05, 0.1) is 29.1 Å². The zero-order valence-electron chi connectivity index (χ0n) is 12.6. The summed E-state index contributed by atoms with van der Waals surface area (Å²) in [5.74, 6) is -0.746. The first kappa shape index (κ1) is 14.2. The lowest BCUT2D eigenvalue weighted by molar-refractivity contribution is -0.119. The number of aromatic nitrogens is 2. The molecule has 0 aliphatic carbocycles. The van der Waals surface area contributed by atoms with Gasteiger partial charge < -0.3 is 5.11 Å². The van der Waals surface area contributed by atoms with Crippen molar-refractivity contribution in [3.8, 4) is 22.7 Å². The zero-order valence-corrected chi connectivity index (χ0v) is 12.6. The Morgan fingerprint density at radius 3 is 2.58 bits per heavy atom. The minimum Gasteiger partial charge on any atom is -0.508 e. The minimum atomic E-state index is -0.471. The molecule has 1 aliphatic heterocycles. The van der Waals surface area contributed by atoms with Crippen LogP contribution in [0.25, 0.3) is 16.9 Å². The summed E-state index contributed by atoms with van der Waals surface area (Å²) in [5.41, 5.74) is 2.77. The van der Waals surface area contributed by atoms with Crippen molar-refractivity contribution in [3.63, 3.8) is 0 Å². The predicted octanol–water partition coefficient (Wildman–Crippen LogP) is 2.06. The molecule has 1 aromatic heterocycles. The van der Waals surface area contributed by atoms with Crippen LogP contribution in [0.5, 0.6) is 5.75 Å². The third kappa shape index (κ3) is 2.25. The maximum atomic E-state index is 12.4. The Hall–Kier alpha value is -3.41. The van der Waals surface area contributed by atoms with Gasteiger partial charge in [-0.3, -0.25) is 14.9 Å². The van der Waals surface area contributed by atoms with Crippen LogP contribution >= 0.6 is 0 Å². The SMILES string of the molecule is O=C1Cc2nn(-c3ccccc3)c(-c3cccc(O)c3)c2C(=O)N1. The topological polar surface area (TPSA) is 84.2 Å². The second kappa shape index (κ2) is 5.34. The van der Waals surface area contributed by atoms with Gasteiger partial charge in [0.25, 0.3) is 5.91 Å². The number of amides is 2. The highest BCUT2D eigenvalue weighted by Crippen LogP contribution is 2.32. The lowest BCUT2D eigenvalue weighted by Gasteiger charge is -2.12. The van der Waals surface area contributed by atoms with Crippen molar-refractivity contribution in [1.29, 1.82) is 0 Å². The van der Waals surface area contributed by atoms with Crippen molar-refractivity contribution in [3.05, 3.63) is 65.9 Å². The minimum absolute atomic E-state index is 0.0483. The van der Waals surface area contributed by atoms with Crippen molar-refractivity contribution in [2.24, 2.45) is 0 Å². The molecule has 118 valence electrons. The van der Waals surface area contributed by atoms with Crippen LogP contribution < -0.4 is 5.32 Å². The Morgan fingerprint density at radius 2 is 1.83 bits per heavy atom. The van der Waals surface area contributed by atoms with E-state index in [9.17, 15) is 14.7 Å². The number of phenolic OH excluding ortho intramolecular Hbond substituents is 1. The van der Waals surface area contributed by atoms with Gasteiger partial charge in [-0.2, -0.15) is 5.10 Å². The first-order valence-electron chi connectivity index (χ1n) is 7.44. The second-order valence-electron chi connectivity index (χ2n) is 5.52. The van der Waals surface area contributed by atoms with Gasteiger partial charge >= 0.3 is 0 Å². The molecular formula is C18H13N3O3. The highest BCUT2D eigenvalue weighted by Gasteiger charge is 2.31. The Kier molecular flexibility index (Phi) is 3.16. The van der Waals surface area contributed by atoms with Gasteiger partial charge in [0.15, 0.2) is 0 Å². The van der Waals surface area contributed by atoms with Crippen LogP contribution in [0.4, 0.5) is 0 Å². The average Bonchev–Trinajstić information content (AvgIpc) is 2.95. The molecular weight excluding hydrogens is 306 g/mol. The Morgan fingerprint density at radius 1 is 1.04 bits per heavy atom. The molecule has 0 fully saturated rings. The van der Waals surface area contributed by atoms with Crippen molar-refractivity contribution in [2.75, 3.05) is 0 Å². The number of benzene rings is 2. The molecule has 6 heteroatoms. The van der Waals surface area contributed by atoms with Crippen LogP contribution in [0.2, 0.25) is 0 Å². The first-order chi connectivity index (χ1) is 11.6. The molecule has 2 amide bonds. The summed E-state index contributed by atoms with van der Waals surface area (Å²) in [6.07, 6.45) is 0.0483. The Labute approximate surface area is 137 Å². The molecule has 1 aliphatic rings. The van der Waals surface area contributed by atoms with Crippen LogP contribution in [0.3, 0.4) is 0 Å². The summed E-state index contributed by atoms with van der Waals surface area (Å²) in [6.45, 7) is 0. The van der Waals surface area contributed by atoms with Crippen LogP contribution in [0, 0.1) is 0 Å². The third-order valence-electron chi connectivity index (χ3n) is 3.89. The number of fused-ring (bicyclic) bond motifs is 1. The summed E-state index contributed by atoms with van der Waals surface area (Å²) in [5, 5.41) is 16.6. The fourth-order valence-corrected chi connectivity index (χ4v) is 2.89. The molecule has 0 spiro atoms. The zero-order chi connectivity index (χ0) is 16.7. The standard InChI is InChI=1S/C18H13N3O3/c22-13-8-4-5-11(9-13)17-16-14(10-15(23)19-18(16)24)20-21(17)12-6-2-1-3-7-12/h1-9,22H,10H2,(H,19,23,24). The highest BCUT2D eigenvalue weighted by molar-refractivity contribution is 6.12. The van der Waals surface area contributed by atoms with Crippen molar-refractivity contribution >= 4 is 11.8 Å². The fourth-order valence-electron chi connectivity index (χ4n) is 2.89. The monoisotopic (exact) mass is 319 g/mol. The Bertz CT molecular complexity index is 961. The molecule has 2 aromatic carbocycles. The molecule has 6 nitrogen and oxygen atoms in total. The maximum absolute atomic E-state index is 12.4. The van der Waals surface area contributed by atoms with Crippen LogP contribution in [-0.4, -0.2) is 26.7 Å². The second-order valence-corrected chi connectivity index (χ2v) is 5.52. The van der Waals surface area contributed by atoms with Gasteiger partial charge in [0.1, 0.15) is 5.75 Å². The fraction of sp³-hybridized carbons (Fsp3) is 0.0556. The number of hydrogen-bond acceptors (Lipinski definition) is 4. The predicted molar refractivity (Wildman–Crippen MR) is 86.8 cm³/mol. The summed E-state index contributed by atoms with van der Waals surface area (Å²) >= 11 is 0. The summed E-state index contributed by atoms with van der Waals surface area (Å²) in [4.78, 5) is 24.0. The van der Waals surface area contributed by atoms with E-state index in [-0.39, 0.29) is 18.1 Å². The molecule has 3 aromatic rings. The largest absolute Gasteiger partial charge is 0.508 e. The van der Waals surface area contributed by atoms with E-state index in [4.69, 9.17) is 0 Å². The summed E-state index contributed by atoms with van der Waals surface area (Å²) in [6, 6.07) is 16.0. The van der Waals surface area contributed by atoms with Gasteiger partial charge in [0, 0.05) is 5.56 Å². The molecule has 4 rings (SSSR count). The molecule has 2 N–H and O–H groups in total. The molecule has 0 bridgehead atoms. The normalized spacial score (nSPS) is 13.5. The number of nitrogens with zero attached hydrogens (tertiary/aromatic N) is 2. The van der Waals surface area contributed by atoms with Gasteiger partial charge in [-0.15, -0.1) is 0 Å². The number of rotatable bonds is 2. The van der Waals surface area contributed by atoms with E-state index in [1.165, 1.54) is 0 Å². The van der Waals surface area contributed by atoms with Gasteiger partial charge in [-0.1, -0.05) is 30.3 Å². The number of para-hydroxylation sites is 1. The summed E-state index contributed by atoms with van der Waals surface area (Å²) < 4.78 is 1.64. The highest BCUT2D eigenvalue weighted by atomic mass is 16.3. The van der Waals surface area contributed by atoms with E-state index >= 15 is 0 Å². The number of aromatic hydroxyl groups is 1. The van der Waals surface area contributed by atoms with Crippen LogP contribution in [-0.2, 0) is 11.2 Å². The van der Waals surface area contributed by atoms with Crippen LogP contribution in [0.1, 0.15) is 16.1 Å². The van der Waals surface area contributed by atoms with Crippen molar-refractivity contribution in [1.82, 2.24) is 15.1 Å². The average molecular weight is 319 g/mol. The number of carbonyl (C=O) groups is 2. The van der Waals surface area contributed by atoms with E-state index in [0.717, 1.165) is 5.69 Å². The van der Waals surface area contributed by atoms with Gasteiger partial charge in [-0.25, -0.2) is 4.68 Å². The molecule has 0 unspecified atom stereocenters. The number of imide groups is 1. The van der Waals surface area contributed by atoms with E-state index in [0.29, 0.717) is 22.5 Å². The van der Waals surface area contributed by atoms with E-state index < -0.39 is 5.91 Å². The summed E-state index contributed by atoms with van der Waals surface area (Å²) in [7, 11) is 0. The quantitative estimate of drug-likeness (QED) is 0.708. The molecule has 2 heterocycles. The third-order valence-corrected chi connectivity index (χ3v) is 3.89. The van der Waals surface area contributed by atoms with Crippen molar-refractivity contribution < 1.29 is 14.7 Å². The molecule has 0 radical (unpaired) electrons. The Balaban J connectivity index is 2.02. The maximum Gasteiger partial charge on any atom is 0.262 e. The van der Waals surface area contributed by atoms with E-state index in [1.54, 1.807) is 28.9 Å². The lowest BCUT2D eigenvalue weighted by Crippen LogP contribution is -2.37. The number of phenols is 1. The van der Waals surface area contributed by atoms with E-state index in [2.05, 4.69) is 10.4 Å². The smallest absolute Gasteiger partial charge is 0.262 e. The molecule has 24 heavy (non-hydrogen) atoms. The molecule has 0 saturated carbocycles. The number of hydrogen-bond donors (Lipinski definition) is 2.